The van der Waals surface area contributed by atoms with Crippen molar-refractivity contribution < 1.29 is 9.47 Å². The summed E-state index contributed by atoms with van der Waals surface area (Å²) in [6.45, 7) is 6.23. The molecule has 1 unspecified atom stereocenters. The van der Waals surface area contributed by atoms with Gasteiger partial charge in [0.2, 0.25) is 0 Å². The second-order valence-electron chi connectivity index (χ2n) is 7.27. The van der Waals surface area contributed by atoms with Crippen LogP contribution in [0.2, 0.25) is 0 Å². The fourth-order valence-corrected chi connectivity index (χ4v) is 2.83. The van der Waals surface area contributed by atoms with Crippen LogP contribution in [0.1, 0.15) is 37.8 Å². The number of likely N-dealkylation sites (N-methyl/N-ethyl adjacent to an activating group) is 1. The van der Waals surface area contributed by atoms with Crippen molar-refractivity contribution in [1.82, 2.24) is 15.5 Å². The van der Waals surface area contributed by atoms with Crippen molar-refractivity contribution in [2.24, 2.45) is 10.9 Å². The first-order chi connectivity index (χ1) is 13.1. The average molecular weight is 377 g/mol. The quantitative estimate of drug-likeness (QED) is 0.334. The number of hydrogen-bond acceptors (Lipinski definition) is 4. The van der Waals surface area contributed by atoms with Gasteiger partial charge in [0.25, 0.3) is 0 Å². The van der Waals surface area contributed by atoms with Crippen LogP contribution in [0.25, 0.3) is 0 Å². The van der Waals surface area contributed by atoms with Crippen LogP contribution in [-0.2, 0) is 4.74 Å². The fourth-order valence-electron chi connectivity index (χ4n) is 2.83. The van der Waals surface area contributed by atoms with E-state index in [1.54, 1.807) is 7.11 Å². The highest BCUT2D eigenvalue weighted by Gasteiger charge is 2.20. The van der Waals surface area contributed by atoms with E-state index in [9.17, 15) is 0 Å². The third-order valence-electron chi connectivity index (χ3n) is 4.70. The molecule has 0 saturated heterocycles. The van der Waals surface area contributed by atoms with Crippen LogP contribution in [0.5, 0.6) is 5.75 Å². The minimum atomic E-state index is 0.216. The zero-order valence-electron chi connectivity index (χ0n) is 17.3. The van der Waals surface area contributed by atoms with Crippen molar-refractivity contribution in [3.8, 4) is 5.75 Å². The van der Waals surface area contributed by atoms with Gasteiger partial charge < -0.3 is 25.0 Å². The van der Waals surface area contributed by atoms with E-state index in [4.69, 9.17) is 14.5 Å². The van der Waals surface area contributed by atoms with Crippen molar-refractivity contribution >= 4 is 5.96 Å². The van der Waals surface area contributed by atoms with Crippen LogP contribution in [0, 0.1) is 5.92 Å². The number of aliphatic imine (C=N–C) groups is 1. The normalized spacial score (nSPS) is 15.7. The standard InChI is InChI=1S/C21H36N4O2/c1-5-22-21(23-13-6-14-27-16-17-7-8-17)24-15-20(25(2)3)18-9-11-19(26-4)12-10-18/h9-12,17,20H,5-8,13-16H2,1-4H3,(H2,22,23,24). The van der Waals surface area contributed by atoms with E-state index in [1.807, 2.05) is 12.1 Å². The van der Waals surface area contributed by atoms with E-state index in [0.717, 1.165) is 50.4 Å². The topological polar surface area (TPSA) is 58.1 Å². The lowest BCUT2D eigenvalue weighted by molar-refractivity contribution is 0.123. The van der Waals surface area contributed by atoms with Gasteiger partial charge >= 0.3 is 0 Å². The molecule has 0 amide bonds. The van der Waals surface area contributed by atoms with E-state index in [-0.39, 0.29) is 6.04 Å². The Hall–Kier alpha value is -1.79. The molecule has 1 aromatic carbocycles. The second kappa shape index (κ2) is 11.8. The smallest absolute Gasteiger partial charge is 0.191 e. The molecule has 0 heterocycles. The second-order valence-corrected chi connectivity index (χ2v) is 7.27. The Balaban J connectivity index is 1.82. The van der Waals surface area contributed by atoms with E-state index in [2.05, 4.69) is 48.7 Å². The van der Waals surface area contributed by atoms with E-state index in [1.165, 1.54) is 18.4 Å². The van der Waals surface area contributed by atoms with E-state index in [0.29, 0.717) is 6.54 Å². The van der Waals surface area contributed by atoms with Gasteiger partial charge in [0.05, 0.1) is 19.7 Å². The minimum Gasteiger partial charge on any atom is -0.497 e. The van der Waals surface area contributed by atoms with E-state index < -0.39 is 0 Å². The number of benzene rings is 1. The Morgan fingerprint density at radius 1 is 1.22 bits per heavy atom. The summed E-state index contributed by atoms with van der Waals surface area (Å²) in [6.07, 6.45) is 3.68. The number of rotatable bonds is 12. The number of ether oxygens (including phenoxy) is 2. The van der Waals surface area contributed by atoms with Gasteiger partial charge in [-0.3, -0.25) is 4.99 Å². The maximum atomic E-state index is 5.69. The molecule has 0 bridgehead atoms. The van der Waals surface area contributed by atoms with Gasteiger partial charge in [-0.25, -0.2) is 0 Å². The lowest BCUT2D eigenvalue weighted by Gasteiger charge is -2.24. The summed E-state index contributed by atoms with van der Waals surface area (Å²) in [6, 6.07) is 8.43. The molecule has 0 spiro atoms. The molecule has 1 aromatic rings. The Morgan fingerprint density at radius 3 is 2.56 bits per heavy atom. The highest BCUT2D eigenvalue weighted by atomic mass is 16.5. The summed E-state index contributed by atoms with van der Waals surface area (Å²) < 4.78 is 10.9. The lowest BCUT2D eigenvalue weighted by atomic mass is 10.1. The summed E-state index contributed by atoms with van der Waals surface area (Å²) >= 11 is 0. The molecule has 0 aliphatic heterocycles. The highest BCUT2D eigenvalue weighted by Crippen LogP contribution is 2.28. The Bertz CT molecular complexity index is 556. The molecule has 0 radical (unpaired) electrons. The molecule has 1 aliphatic carbocycles. The maximum Gasteiger partial charge on any atom is 0.191 e. The van der Waals surface area contributed by atoms with Crippen LogP contribution in [0.3, 0.4) is 0 Å². The summed E-state index contributed by atoms with van der Waals surface area (Å²) in [7, 11) is 5.86. The Morgan fingerprint density at radius 2 is 1.96 bits per heavy atom. The molecule has 0 aromatic heterocycles. The zero-order chi connectivity index (χ0) is 19.5. The molecule has 1 saturated carbocycles. The van der Waals surface area contributed by atoms with Crippen LogP contribution in [0.15, 0.2) is 29.3 Å². The fraction of sp³-hybridized carbons (Fsp3) is 0.667. The number of guanidine groups is 1. The van der Waals surface area contributed by atoms with Crippen LogP contribution < -0.4 is 15.4 Å². The summed E-state index contributed by atoms with van der Waals surface area (Å²) in [4.78, 5) is 6.99. The number of nitrogens with one attached hydrogen (secondary N) is 2. The number of methoxy groups -OCH3 is 1. The van der Waals surface area contributed by atoms with Gasteiger partial charge in [-0.05, 0) is 63.9 Å². The summed E-state index contributed by atoms with van der Waals surface area (Å²) in [5.41, 5.74) is 1.23. The first-order valence-corrected chi connectivity index (χ1v) is 10.0. The molecule has 6 nitrogen and oxygen atoms in total. The molecule has 6 heteroatoms. The molecular weight excluding hydrogens is 340 g/mol. The van der Waals surface area contributed by atoms with Gasteiger partial charge in [0, 0.05) is 26.3 Å². The Labute approximate surface area is 164 Å². The zero-order valence-corrected chi connectivity index (χ0v) is 17.3. The van der Waals surface area contributed by atoms with Gasteiger partial charge in [0.1, 0.15) is 5.75 Å². The monoisotopic (exact) mass is 376 g/mol. The van der Waals surface area contributed by atoms with Gasteiger partial charge in [-0.1, -0.05) is 12.1 Å². The largest absolute Gasteiger partial charge is 0.497 e. The average Bonchev–Trinajstić information content (AvgIpc) is 3.49. The molecule has 1 fully saturated rings. The van der Waals surface area contributed by atoms with Crippen molar-refractivity contribution in [3.05, 3.63) is 29.8 Å². The van der Waals surface area contributed by atoms with Crippen molar-refractivity contribution in [2.45, 2.75) is 32.2 Å². The maximum absolute atomic E-state index is 5.69. The third-order valence-corrected chi connectivity index (χ3v) is 4.70. The van der Waals surface area contributed by atoms with Gasteiger partial charge in [0.15, 0.2) is 5.96 Å². The SMILES string of the molecule is CCNC(=NCC(c1ccc(OC)cc1)N(C)C)NCCCOCC1CC1. The summed E-state index contributed by atoms with van der Waals surface area (Å²) in [5.74, 6) is 2.57. The Kier molecular flexibility index (Phi) is 9.42. The van der Waals surface area contributed by atoms with Crippen molar-refractivity contribution in [3.63, 3.8) is 0 Å². The highest BCUT2D eigenvalue weighted by molar-refractivity contribution is 5.79. The molecule has 27 heavy (non-hydrogen) atoms. The minimum absolute atomic E-state index is 0.216. The van der Waals surface area contributed by atoms with Crippen LogP contribution in [-0.4, -0.2) is 64.9 Å². The van der Waals surface area contributed by atoms with Crippen LogP contribution >= 0.6 is 0 Å². The first kappa shape index (κ1) is 21.5. The van der Waals surface area contributed by atoms with Gasteiger partial charge in [-0.2, -0.15) is 0 Å². The molecule has 2 rings (SSSR count). The third kappa shape index (κ3) is 8.18. The first-order valence-electron chi connectivity index (χ1n) is 10.0. The number of nitrogens with zero attached hydrogens (tertiary/aromatic N) is 2. The predicted octanol–water partition coefficient (Wildman–Crippen LogP) is 2.67. The molecule has 2 N–H and O–H groups in total. The number of hydrogen-bond donors (Lipinski definition) is 2. The molecule has 152 valence electrons. The van der Waals surface area contributed by atoms with E-state index >= 15 is 0 Å². The lowest BCUT2D eigenvalue weighted by Crippen LogP contribution is -2.38. The van der Waals surface area contributed by atoms with Crippen LogP contribution in [0.4, 0.5) is 0 Å². The van der Waals surface area contributed by atoms with Crippen molar-refractivity contribution in [2.75, 3.05) is 54.1 Å². The molecule has 1 aliphatic rings. The molecular formula is C21H36N4O2. The van der Waals surface area contributed by atoms with Gasteiger partial charge in [-0.15, -0.1) is 0 Å². The predicted molar refractivity (Wildman–Crippen MR) is 112 cm³/mol. The summed E-state index contributed by atoms with van der Waals surface area (Å²) in [5, 5.41) is 6.73. The van der Waals surface area contributed by atoms with Crippen molar-refractivity contribution in [1.29, 1.82) is 0 Å². The molecule has 1 atom stereocenters.